The molecule has 21 heavy (non-hydrogen) atoms. The third-order valence-electron chi connectivity index (χ3n) is 4.99. The average Bonchev–Trinajstić information content (AvgIpc) is 2.39. The van der Waals surface area contributed by atoms with Crippen LogP contribution in [0.15, 0.2) is 18.2 Å². The molecule has 2 fully saturated rings. The maximum atomic E-state index is 11.0. The van der Waals surface area contributed by atoms with Gasteiger partial charge in [-0.2, -0.15) is 0 Å². The van der Waals surface area contributed by atoms with Gasteiger partial charge in [-0.25, -0.2) is 4.79 Å². The van der Waals surface area contributed by atoms with E-state index in [1.54, 1.807) is 12.1 Å². The number of aromatic carboxylic acids is 1. The molecule has 2 aliphatic heterocycles. The van der Waals surface area contributed by atoms with Crippen LogP contribution in [0.2, 0.25) is 0 Å². The molecule has 0 radical (unpaired) electrons. The molecule has 0 saturated carbocycles. The van der Waals surface area contributed by atoms with E-state index < -0.39 is 5.97 Å². The van der Waals surface area contributed by atoms with Crippen molar-refractivity contribution >= 4 is 17.3 Å². The fourth-order valence-electron chi connectivity index (χ4n) is 3.82. The van der Waals surface area contributed by atoms with E-state index in [4.69, 9.17) is 10.8 Å². The van der Waals surface area contributed by atoms with Crippen LogP contribution >= 0.6 is 0 Å². The van der Waals surface area contributed by atoms with Crippen molar-refractivity contribution in [2.24, 2.45) is 0 Å². The molecule has 114 valence electrons. The topological polar surface area (TPSA) is 78.6 Å². The molecule has 2 aliphatic rings. The van der Waals surface area contributed by atoms with Crippen LogP contribution in [-0.4, -0.2) is 41.1 Å². The lowest BCUT2D eigenvalue weighted by Gasteiger charge is -2.47. The van der Waals surface area contributed by atoms with Crippen molar-refractivity contribution in [3.8, 4) is 0 Å². The van der Waals surface area contributed by atoms with E-state index in [1.165, 1.54) is 19.3 Å². The molecule has 4 N–H and O–H groups in total. The first kappa shape index (κ1) is 14.2. The Morgan fingerprint density at radius 3 is 2.57 bits per heavy atom. The van der Waals surface area contributed by atoms with Crippen LogP contribution in [0.1, 0.15) is 42.5 Å². The van der Waals surface area contributed by atoms with E-state index in [9.17, 15) is 4.79 Å². The number of nitrogens with one attached hydrogen (secondary N) is 1. The van der Waals surface area contributed by atoms with Gasteiger partial charge in [0.2, 0.25) is 0 Å². The Labute approximate surface area is 125 Å². The van der Waals surface area contributed by atoms with Gasteiger partial charge in [0, 0.05) is 29.5 Å². The molecule has 5 heteroatoms. The molecule has 1 aromatic rings. The second kappa shape index (κ2) is 5.56. The van der Waals surface area contributed by atoms with E-state index in [2.05, 4.69) is 17.3 Å². The summed E-state index contributed by atoms with van der Waals surface area (Å²) in [5, 5.41) is 12.5. The number of nitrogens with two attached hydrogens (primary N) is 1. The van der Waals surface area contributed by atoms with E-state index in [-0.39, 0.29) is 5.56 Å². The molecule has 1 aromatic carbocycles. The Kier molecular flexibility index (Phi) is 3.76. The highest BCUT2D eigenvalue weighted by Crippen LogP contribution is 2.34. The number of carboxylic acid groups (broad SMARTS) is 1. The third-order valence-corrected chi connectivity index (χ3v) is 4.99. The second-order valence-electron chi connectivity index (χ2n) is 6.32. The number of hydrogen-bond acceptors (Lipinski definition) is 4. The van der Waals surface area contributed by atoms with Crippen molar-refractivity contribution in [2.75, 3.05) is 18.1 Å². The van der Waals surface area contributed by atoms with Crippen LogP contribution in [0, 0.1) is 0 Å². The number of hydrogen-bond donors (Lipinski definition) is 3. The smallest absolute Gasteiger partial charge is 0.337 e. The summed E-state index contributed by atoms with van der Waals surface area (Å²) in [7, 11) is 2.24. The largest absolute Gasteiger partial charge is 0.478 e. The molecule has 0 spiro atoms. The van der Waals surface area contributed by atoms with Crippen molar-refractivity contribution in [1.29, 1.82) is 0 Å². The summed E-state index contributed by atoms with van der Waals surface area (Å²) in [6, 6.07) is 6.92. The number of piperidine rings is 2. The Morgan fingerprint density at radius 2 is 2.00 bits per heavy atom. The van der Waals surface area contributed by atoms with Crippen LogP contribution in [-0.2, 0) is 0 Å². The number of nitrogens with zero attached hydrogens (tertiary/aromatic N) is 1. The molecule has 2 atom stereocenters. The normalized spacial score (nSPS) is 29.1. The number of anilines is 2. The van der Waals surface area contributed by atoms with Crippen LogP contribution in [0.3, 0.4) is 0 Å². The minimum atomic E-state index is -0.979. The summed E-state index contributed by atoms with van der Waals surface area (Å²) in [4.78, 5) is 13.5. The summed E-state index contributed by atoms with van der Waals surface area (Å²) < 4.78 is 0. The maximum Gasteiger partial charge on any atom is 0.337 e. The van der Waals surface area contributed by atoms with E-state index >= 15 is 0 Å². The Hall–Kier alpha value is -1.75. The molecule has 0 aromatic heterocycles. The number of nitrogen functional groups attached to an aromatic ring is 1. The van der Waals surface area contributed by atoms with Gasteiger partial charge < -0.3 is 21.1 Å². The monoisotopic (exact) mass is 289 g/mol. The molecule has 0 amide bonds. The Bertz CT molecular complexity index is 532. The summed E-state index contributed by atoms with van der Waals surface area (Å²) in [6.45, 7) is 0. The maximum absolute atomic E-state index is 11.0. The van der Waals surface area contributed by atoms with Crippen molar-refractivity contribution in [3.63, 3.8) is 0 Å². The Balaban J connectivity index is 1.70. The van der Waals surface area contributed by atoms with Gasteiger partial charge in [0.1, 0.15) is 0 Å². The van der Waals surface area contributed by atoms with Gasteiger partial charge in [-0.15, -0.1) is 0 Å². The average molecular weight is 289 g/mol. The fourth-order valence-corrected chi connectivity index (χ4v) is 3.82. The van der Waals surface area contributed by atoms with Crippen LogP contribution in [0.25, 0.3) is 0 Å². The van der Waals surface area contributed by atoms with E-state index in [0.717, 1.165) is 18.5 Å². The number of benzene rings is 1. The molecular weight excluding hydrogens is 266 g/mol. The predicted molar refractivity (Wildman–Crippen MR) is 83.6 cm³/mol. The molecule has 2 heterocycles. The molecular formula is C16H23N3O2. The minimum absolute atomic E-state index is 0.167. The Morgan fingerprint density at radius 1 is 1.33 bits per heavy atom. The number of fused-ring (bicyclic) bond motifs is 2. The van der Waals surface area contributed by atoms with Crippen LogP contribution < -0.4 is 11.1 Å². The molecule has 0 aliphatic carbocycles. The quantitative estimate of drug-likeness (QED) is 0.745. The molecule has 2 saturated heterocycles. The van der Waals surface area contributed by atoms with Gasteiger partial charge in [0.25, 0.3) is 0 Å². The van der Waals surface area contributed by atoms with Gasteiger partial charge >= 0.3 is 5.97 Å². The van der Waals surface area contributed by atoms with Crippen molar-refractivity contribution in [1.82, 2.24) is 4.90 Å². The summed E-state index contributed by atoms with van der Waals surface area (Å²) in [5.74, 6) is -0.979. The highest BCUT2D eigenvalue weighted by molar-refractivity contribution is 5.94. The zero-order valence-corrected chi connectivity index (χ0v) is 12.4. The number of carbonyl (C=O) groups is 1. The summed E-state index contributed by atoms with van der Waals surface area (Å²) >= 11 is 0. The van der Waals surface area contributed by atoms with E-state index in [1.807, 2.05) is 6.07 Å². The zero-order chi connectivity index (χ0) is 15.0. The zero-order valence-electron chi connectivity index (χ0n) is 12.4. The van der Waals surface area contributed by atoms with E-state index in [0.29, 0.717) is 23.8 Å². The summed E-state index contributed by atoms with van der Waals surface area (Å²) in [6.07, 6.45) is 6.20. The number of carboxylic acids is 1. The highest BCUT2D eigenvalue weighted by Gasteiger charge is 2.35. The second-order valence-corrected chi connectivity index (χ2v) is 6.32. The lowest BCUT2D eigenvalue weighted by Crippen LogP contribution is -2.52. The van der Waals surface area contributed by atoms with Crippen molar-refractivity contribution in [2.45, 2.75) is 50.2 Å². The van der Waals surface area contributed by atoms with Crippen LogP contribution in [0.5, 0.6) is 0 Å². The van der Waals surface area contributed by atoms with Gasteiger partial charge in [0.05, 0.1) is 5.56 Å². The third kappa shape index (κ3) is 2.83. The molecule has 3 rings (SSSR count). The first-order valence-corrected chi connectivity index (χ1v) is 7.66. The standard InChI is InChI=1S/C16H23N3O2/c1-19-12-3-2-4-13(19)8-11(7-12)18-10-5-6-14(16(20)21)15(17)9-10/h5-6,9,11-13,18H,2-4,7-8,17H2,1H3,(H,20,21). The highest BCUT2D eigenvalue weighted by atomic mass is 16.4. The first-order chi connectivity index (χ1) is 10.0. The minimum Gasteiger partial charge on any atom is -0.478 e. The predicted octanol–water partition coefficient (Wildman–Crippen LogP) is 2.39. The molecule has 2 bridgehead atoms. The lowest BCUT2D eigenvalue weighted by atomic mass is 9.82. The number of rotatable bonds is 3. The first-order valence-electron chi connectivity index (χ1n) is 7.66. The summed E-state index contributed by atoms with van der Waals surface area (Å²) in [5.41, 5.74) is 7.22. The van der Waals surface area contributed by atoms with Crippen molar-refractivity contribution < 1.29 is 9.90 Å². The van der Waals surface area contributed by atoms with Crippen molar-refractivity contribution in [3.05, 3.63) is 23.8 Å². The van der Waals surface area contributed by atoms with Gasteiger partial charge in [-0.05, 0) is 50.9 Å². The molecule has 2 unspecified atom stereocenters. The van der Waals surface area contributed by atoms with Gasteiger partial charge in [0.15, 0.2) is 0 Å². The molecule has 5 nitrogen and oxygen atoms in total. The van der Waals surface area contributed by atoms with Gasteiger partial charge in [-0.3, -0.25) is 0 Å². The van der Waals surface area contributed by atoms with Gasteiger partial charge in [-0.1, -0.05) is 6.42 Å². The fraction of sp³-hybridized carbons (Fsp3) is 0.562. The lowest BCUT2D eigenvalue weighted by molar-refractivity contribution is 0.0608. The SMILES string of the molecule is CN1C2CCCC1CC(Nc1ccc(C(=O)O)c(N)c1)C2. The van der Waals surface area contributed by atoms with Crippen LogP contribution in [0.4, 0.5) is 11.4 Å².